The monoisotopic (exact) mass is 261 g/mol. The molecule has 0 heterocycles. The van der Waals surface area contributed by atoms with E-state index < -0.39 is 0 Å². The molecule has 0 aromatic rings. The van der Waals surface area contributed by atoms with Crippen LogP contribution in [0.3, 0.4) is 0 Å². The number of aliphatic hydroxyl groups is 1. The number of nitrogens with one attached hydrogen (secondary N) is 1. The Morgan fingerprint density at radius 3 is 2.11 bits per heavy atom. The normalized spacial score (nSPS) is 14.7. The first-order valence-corrected chi connectivity index (χ1v) is 7.20. The molecule has 0 bridgehead atoms. The maximum absolute atomic E-state index is 9.32. The number of unbranched alkanes of at least 4 members (excludes halogenated alkanes) is 1. The van der Waals surface area contributed by atoms with Gasteiger partial charge in [-0.1, -0.05) is 20.3 Å². The third kappa shape index (κ3) is 9.83. The molecule has 0 aliphatic heterocycles. The molecule has 0 radical (unpaired) electrons. The molecule has 0 amide bonds. The molecule has 18 heavy (non-hydrogen) atoms. The van der Waals surface area contributed by atoms with E-state index in [1.54, 1.807) is 0 Å². The summed E-state index contributed by atoms with van der Waals surface area (Å²) in [5, 5.41) is 12.6. The highest BCUT2D eigenvalue weighted by Crippen LogP contribution is 2.11. The fourth-order valence-corrected chi connectivity index (χ4v) is 1.78. The largest absolute Gasteiger partial charge is 0.394 e. The molecule has 0 fully saturated rings. The van der Waals surface area contributed by atoms with Crippen LogP contribution >= 0.6 is 0 Å². The smallest absolute Gasteiger partial charge is 0.0700 e. The molecule has 0 saturated heterocycles. The van der Waals surface area contributed by atoms with Crippen molar-refractivity contribution in [2.75, 3.05) is 39.6 Å². The zero-order valence-corrected chi connectivity index (χ0v) is 12.3. The third-order valence-corrected chi connectivity index (χ3v) is 2.98. The van der Waals surface area contributed by atoms with E-state index in [2.05, 4.69) is 19.2 Å². The molecular formula is C14H31NO3. The summed E-state index contributed by atoms with van der Waals surface area (Å²) < 4.78 is 10.9. The number of hydrogen-bond acceptors (Lipinski definition) is 4. The molecule has 1 atom stereocenters. The molecule has 0 aromatic carbocycles. The Balaban J connectivity index is 3.33. The molecule has 4 heteroatoms. The van der Waals surface area contributed by atoms with Crippen LogP contribution in [0, 0.1) is 0 Å². The van der Waals surface area contributed by atoms with Crippen molar-refractivity contribution in [2.45, 2.75) is 52.0 Å². The quantitative estimate of drug-likeness (QED) is 0.498. The van der Waals surface area contributed by atoms with Gasteiger partial charge in [0, 0.05) is 18.8 Å². The van der Waals surface area contributed by atoms with Gasteiger partial charge >= 0.3 is 0 Å². The second kappa shape index (κ2) is 11.9. The van der Waals surface area contributed by atoms with Gasteiger partial charge in [-0.05, 0) is 32.7 Å². The van der Waals surface area contributed by atoms with E-state index >= 15 is 0 Å². The fourth-order valence-electron chi connectivity index (χ4n) is 1.78. The molecule has 0 aliphatic carbocycles. The van der Waals surface area contributed by atoms with Crippen LogP contribution in [0.1, 0.15) is 46.5 Å². The van der Waals surface area contributed by atoms with Crippen molar-refractivity contribution in [3.05, 3.63) is 0 Å². The van der Waals surface area contributed by atoms with Crippen molar-refractivity contribution in [1.82, 2.24) is 5.32 Å². The summed E-state index contributed by atoms with van der Waals surface area (Å²) in [7, 11) is 0. The zero-order valence-electron chi connectivity index (χ0n) is 12.3. The Bertz CT molecular complexity index is 178. The predicted molar refractivity (Wildman–Crippen MR) is 74.9 cm³/mol. The summed E-state index contributed by atoms with van der Waals surface area (Å²) in [4.78, 5) is 0. The highest BCUT2D eigenvalue weighted by Gasteiger charge is 2.20. The molecule has 0 aliphatic rings. The van der Waals surface area contributed by atoms with Crippen LogP contribution in [0.15, 0.2) is 0 Å². The second-order valence-corrected chi connectivity index (χ2v) is 4.93. The highest BCUT2D eigenvalue weighted by atomic mass is 16.5. The Morgan fingerprint density at radius 1 is 1.00 bits per heavy atom. The minimum Gasteiger partial charge on any atom is -0.394 e. The van der Waals surface area contributed by atoms with Crippen molar-refractivity contribution < 1.29 is 14.6 Å². The van der Waals surface area contributed by atoms with Crippen molar-refractivity contribution >= 4 is 0 Å². The van der Waals surface area contributed by atoms with Crippen molar-refractivity contribution in [1.29, 1.82) is 0 Å². The number of hydrogen-bond donors (Lipinski definition) is 2. The molecule has 2 N–H and O–H groups in total. The first-order valence-electron chi connectivity index (χ1n) is 7.20. The van der Waals surface area contributed by atoms with Gasteiger partial charge in [-0.25, -0.2) is 0 Å². The fraction of sp³-hybridized carbons (Fsp3) is 1.00. The van der Waals surface area contributed by atoms with Crippen LogP contribution in [-0.2, 0) is 9.47 Å². The van der Waals surface area contributed by atoms with Crippen LogP contribution in [0.5, 0.6) is 0 Å². The molecule has 4 nitrogen and oxygen atoms in total. The van der Waals surface area contributed by atoms with E-state index in [-0.39, 0.29) is 12.1 Å². The van der Waals surface area contributed by atoms with Gasteiger partial charge in [0.15, 0.2) is 0 Å². The first-order chi connectivity index (χ1) is 8.68. The summed E-state index contributed by atoms with van der Waals surface area (Å²) in [5.41, 5.74) is -0.171. The molecule has 110 valence electrons. The van der Waals surface area contributed by atoms with Crippen LogP contribution in [0.4, 0.5) is 0 Å². The molecule has 0 rings (SSSR count). The van der Waals surface area contributed by atoms with Crippen LogP contribution in [-0.4, -0.2) is 50.2 Å². The maximum atomic E-state index is 9.32. The standard InChI is InChI=1S/C14H31NO3/c1-4-6-9-17-11-12-18-10-7-8-14(3,13-16)15-5-2/h15-16H,4-13H2,1-3H3. The number of ether oxygens (including phenoxy) is 2. The molecule has 0 aromatic heterocycles. The van der Waals surface area contributed by atoms with E-state index in [0.29, 0.717) is 13.2 Å². The van der Waals surface area contributed by atoms with Crippen LogP contribution in [0.2, 0.25) is 0 Å². The lowest BCUT2D eigenvalue weighted by atomic mass is 9.97. The van der Waals surface area contributed by atoms with Gasteiger partial charge in [-0.15, -0.1) is 0 Å². The van der Waals surface area contributed by atoms with Gasteiger partial charge in [0.25, 0.3) is 0 Å². The Hall–Kier alpha value is -0.160. The predicted octanol–water partition coefficient (Wildman–Crippen LogP) is 1.96. The molecule has 1 unspecified atom stereocenters. The molecule has 0 saturated carbocycles. The summed E-state index contributed by atoms with van der Waals surface area (Å²) >= 11 is 0. The second-order valence-electron chi connectivity index (χ2n) is 4.93. The number of aliphatic hydroxyl groups excluding tert-OH is 1. The average molecular weight is 261 g/mol. The Kier molecular flexibility index (Phi) is 11.8. The zero-order chi connectivity index (χ0) is 13.7. The third-order valence-electron chi connectivity index (χ3n) is 2.98. The van der Waals surface area contributed by atoms with E-state index in [4.69, 9.17) is 9.47 Å². The molecule has 0 spiro atoms. The minimum atomic E-state index is -0.171. The number of likely N-dealkylation sites (N-methyl/N-ethyl adjacent to an activating group) is 1. The van der Waals surface area contributed by atoms with Gasteiger partial charge < -0.3 is 19.9 Å². The lowest BCUT2D eigenvalue weighted by Gasteiger charge is -2.28. The van der Waals surface area contributed by atoms with Gasteiger partial charge in [-0.3, -0.25) is 0 Å². The first kappa shape index (κ1) is 17.8. The SMILES string of the molecule is CCCCOCCOCCCC(C)(CO)NCC. The lowest BCUT2D eigenvalue weighted by Crippen LogP contribution is -2.45. The van der Waals surface area contributed by atoms with Gasteiger partial charge in [0.1, 0.15) is 0 Å². The summed E-state index contributed by atoms with van der Waals surface area (Å²) in [6.45, 7) is 10.2. The highest BCUT2D eigenvalue weighted by molar-refractivity contribution is 4.81. The average Bonchev–Trinajstić information content (AvgIpc) is 2.37. The van der Waals surface area contributed by atoms with E-state index in [9.17, 15) is 5.11 Å². The summed E-state index contributed by atoms with van der Waals surface area (Å²) in [5.74, 6) is 0. The van der Waals surface area contributed by atoms with Gasteiger partial charge in [0.2, 0.25) is 0 Å². The maximum Gasteiger partial charge on any atom is 0.0700 e. The van der Waals surface area contributed by atoms with Gasteiger partial charge in [0.05, 0.1) is 19.8 Å². The van der Waals surface area contributed by atoms with Gasteiger partial charge in [-0.2, -0.15) is 0 Å². The molecular weight excluding hydrogens is 230 g/mol. The van der Waals surface area contributed by atoms with E-state index in [0.717, 1.165) is 39.0 Å². The minimum absolute atomic E-state index is 0.168. The van der Waals surface area contributed by atoms with E-state index in [1.165, 1.54) is 6.42 Å². The Labute approximate surface area is 112 Å². The number of rotatable bonds is 13. The van der Waals surface area contributed by atoms with Crippen LogP contribution < -0.4 is 5.32 Å². The van der Waals surface area contributed by atoms with Crippen molar-refractivity contribution in [3.63, 3.8) is 0 Å². The lowest BCUT2D eigenvalue weighted by molar-refractivity contribution is 0.0420. The Morgan fingerprint density at radius 2 is 1.61 bits per heavy atom. The topological polar surface area (TPSA) is 50.7 Å². The summed E-state index contributed by atoms with van der Waals surface area (Å²) in [6.07, 6.45) is 4.18. The van der Waals surface area contributed by atoms with Crippen molar-refractivity contribution in [2.24, 2.45) is 0 Å². The van der Waals surface area contributed by atoms with Crippen LogP contribution in [0.25, 0.3) is 0 Å². The van der Waals surface area contributed by atoms with E-state index in [1.807, 2.05) is 6.92 Å². The van der Waals surface area contributed by atoms with Crippen molar-refractivity contribution in [3.8, 4) is 0 Å². The summed E-state index contributed by atoms with van der Waals surface area (Å²) in [6, 6.07) is 0.